The highest BCUT2D eigenvalue weighted by atomic mass is 16.3. The van der Waals surface area contributed by atoms with Gasteiger partial charge in [-0.15, -0.1) is 0 Å². The lowest BCUT2D eigenvalue weighted by Crippen LogP contribution is -1.88. The van der Waals surface area contributed by atoms with Crippen molar-refractivity contribution in [2.75, 3.05) is 0 Å². The summed E-state index contributed by atoms with van der Waals surface area (Å²) in [6.45, 7) is 2.04. The summed E-state index contributed by atoms with van der Waals surface area (Å²) >= 11 is 0. The van der Waals surface area contributed by atoms with Crippen molar-refractivity contribution in [2.24, 2.45) is 0 Å². The number of aryl methyl sites for hydroxylation is 1. The van der Waals surface area contributed by atoms with Crippen LogP contribution in [-0.2, 0) is 0 Å². The Labute approximate surface area is 129 Å². The number of phenolic OH excluding ortho intramolecular Hbond substituents is 1. The fourth-order valence-electron chi connectivity index (χ4n) is 2.14. The second-order valence-corrected chi connectivity index (χ2v) is 5.12. The first-order valence-corrected chi connectivity index (χ1v) is 7.07. The fourth-order valence-corrected chi connectivity index (χ4v) is 2.14. The SMILES string of the molecule is Cc1ccnc(-c2cc(/C=C/c3ccc(O)cc3)ccn2)c1. The van der Waals surface area contributed by atoms with E-state index in [9.17, 15) is 5.11 Å². The molecule has 0 saturated carbocycles. The molecule has 1 aromatic carbocycles. The van der Waals surface area contributed by atoms with E-state index in [0.717, 1.165) is 28.1 Å². The van der Waals surface area contributed by atoms with Gasteiger partial charge in [-0.2, -0.15) is 0 Å². The van der Waals surface area contributed by atoms with Gasteiger partial charge >= 0.3 is 0 Å². The van der Waals surface area contributed by atoms with Crippen molar-refractivity contribution in [1.29, 1.82) is 0 Å². The highest BCUT2D eigenvalue weighted by molar-refractivity contribution is 5.71. The van der Waals surface area contributed by atoms with Gasteiger partial charge in [0.2, 0.25) is 0 Å². The quantitative estimate of drug-likeness (QED) is 0.780. The zero-order valence-electron chi connectivity index (χ0n) is 12.3. The van der Waals surface area contributed by atoms with E-state index in [2.05, 4.69) is 9.97 Å². The standard InChI is InChI=1S/C19H16N2O/c1-14-8-10-20-18(12-14)19-13-16(9-11-21-19)3-2-15-4-6-17(22)7-5-15/h2-13,22H,1H3/b3-2+. The molecule has 0 aliphatic heterocycles. The maximum atomic E-state index is 9.29. The lowest BCUT2D eigenvalue weighted by atomic mass is 10.1. The molecular weight excluding hydrogens is 272 g/mol. The van der Waals surface area contributed by atoms with Crippen LogP contribution < -0.4 is 0 Å². The lowest BCUT2D eigenvalue weighted by Gasteiger charge is -2.02. The molecule has 0 fully saturated rings. The third-order valence-corrected chi connectivity index (χ3v) is 3.32. The van der Waals surface area contributed by atoms with Gasteiger partial charge in [-0.3, -0.25) is 9.97 Å². The number of hydrogen-bond acceptors (Lipinski definition) is 3. The molecule has 1 N–H and O–H groups in total. The lowest BCUT2D eigenvalue weighted by molar-refractivity contribution is 0.475. The van der Waals surface area contributed by atoms with Crippen LogP contribution in [0, 0.1) is 6.92 Å². The summed E-state index contributed by atoms with van der Waals surface area (Å²) in [5, 5.41) is 9.29. The molecule has 0 atom stereocenters. The zero-order chi connectivity index (χ0) is 15.4. The molecule has 3 rings (SSSR count). The molecular formula is C19H16N2O. The monoisotopic (exact) mass is 288 g/mol. The summed E-state index contributed by atoms with van der Waals surface area (Å²) in [7, 11) is 0. The van der Waals surface area contributed by atoms with E-state index in [1.165, 1.54) is 0 Å². The minimum atomic E-state index is 0.272. The molecule has 0 aliphatic rings. The fraction of sp³-hybridized carbons (Fsp3) is 0.0526. The Balaban J connectivity index is 1.86. The van der Waals surface area contributed by atoms with E-state index < -0.39 is 0 Å². The molecule has 3 heteroatoms. The molecule has 22 heavy (non-hydrogen) atoms. The molecule has 0 spiro atoms. The predicted molar refractivity (Wildman–Crippen MR) is 89.2 cm³/mol. The van der Waals surface area contributed by atoms with Crippen LogP contribution in [0.25, 0.3) is 23.5 Å². The van der Waals surface area contributed by atoms with Gasteiger partial charge in [0.25, 0.3) is 0 Å². The summed E-state index contributed by atoms with van der Waals surface area (Å²) in [5.41, 5.74) is 4.99. The largest absolute Gasteiger partial charge is 0.508 e. The van der Waals surface area contributed by atoms with Crippen molar-refractivity contribution in [3.8, 4) is 17.1 Å². The van der Waals surface area contributed by atoms with E-state index in [1.807, 2.05) is 55.5 Å². The van der Waals surface area contributed by atoms with E-state index in [-0.39, 0.29) is 5.75 Å². The normalized spacial score (nSPS) is 11.0. The Morgan fingerprint density at radius 2 is 1.41 bits per heavy atom. The maximum absolute atomic E-state index is 9.29. The number of aromatic hydroxyl groups is 1. The van der Waals surface area contributed by atoms with Crippen molar-refractivity contribution in [3.63, 3.8) is 0 Å². The topological polar surface area (TPSA) is 46.0 Å². The second-order valence-electron chi connectivity index (χ2n) is 5.12. The molecule has 0 amide bonds. The summed E-state index contributed by atoms with van der Waals surface area (Å²) in [6.07, 6.45) is 7.61. The average Bonchev–Trinajstić information content (AvgIpc) is 2.55. The van der Waals surface area contributed by atoms with Gasteiger partial charge in [-0.1, -0.05) is 24.3 Å². The molecule has 3 nitrogen and oxygen atoms in total. The number of benzene rings is 1. The van der Waals surface area contributed by atoms with Gasteiger partial charge in [-0.05, 0) is 60.0 Å². The Kier molecular flexibility index (Phi) is 3.97. The smallest absolute Gasteiger partial charge is 0.115 e. The Morgan fingerprint density at radius 3 is 2.14 bits per heavy atom. The van der Waals surface area contributed by atoms with Crippen LogP contribution >= 0.6 is 0 Å². The summed E-state index contributed by atoms with van der Waals surface area (Å²) in [4.78, 5) is 8.75. The molecule has 0 aliphatic carbocycles. The van der Waals surface area contributed by atoms with Crippen LogP contribution in [0.3, 0.4) is 0 Å². The highest BCUT2D eigenvalue weighted by Crippen LogP contribution is 2.18. The minimum Gasteiger partial charge on any atom is -0.508 e. The Hall–Kier alpha value is -2.94. The number of pyridine rings is 2. The van der Waals surface area contributed by atoms with Crippen molar-refractivity contribution in [2.45, 2.75) is 6.92 Å². The summed E-state index contributed by atoms with van der Waals surface area (Å²) in [6, 6.07) is 15.1. The van der Waals surface area contributed by atoms with E-state index >= 15 is 0 Å². The zero-order valence-corrected chi connectivity index (χ0v) is 12.3. The highest BCUT2D eigenvalue weighted by Gasteiger charge is 2.01. The average molecular weight is 288 g/mol. The van der Waals surface area contributed by atoms with Gasteiger partial charge < -0.3 is 5.11 Å². The van der Waals surface area contributed by atoms with Gasteiger partial charge in [0.05, 0.1) is 11.4 Å². The second kappa shape index (κ2) is 6.22. The number of hydrogen-bond donors (Lipinski definition) is 1. The van der Waals surface area contributed by atoms with Crippen molar-refractivity contribution >= 4 is 12.2 Å². The molecule has 0 unspecified atom stereocenters. The van der Waals surface area contributed by atoms with Gasteiger partial charge in [0.15, 0.2) is 0 Å². The molecule has 0 saturated heterocycles. The van der Waals surface area contributed by atoms with Gasteiger partial charge in [0, 0.05) is 12.4 Å². The third kappa shape index (κ3) is 3.38. The summed E-state index contributed by atoms with van der Waals surface area (Å²) < 4.78 is 0. The molecule has 108 valence electrons. The minimum absolute atomic E-state index is 0.272. The number of rotatable bonds is 3. The van der Waals surface area contributed by atoms with Crippen LogP contribution in [0.2, 0.25) is 0 Å². The van der Waals surface area contributed by atoms with Crippen molar-refractivity contribution in [3.05, 3.63) is 77.6 Å². The first-order valence-electron chi connectivity index (χ1n) is 7.07. The first kappa shape index (κ1) is 14.0. The first-order chi connectivity index (χ1) is 10.7. The van der Waals surface area contributed by atoms with Crippen LogP contribution in [0.5, 0.6) is 5.75 Å². The summed E-state index contributed by atoms with van der Waals surface area (Å²) in [5.74, 6) is 0.272. The van der Waals surface area contributed by atoms with Gasteiger partial charge in [0.1, 0.15) is 5.75 Å². The van der Waals surface area contributed by atoms with Crippen LogP contribution in [0.4, 0.5) is 0 Å². The molecule has 0 radical (unpaired) electrons. The van der Waals surface area contributed by atoms with E-state index in [1.54, 1.807) is 24.5 Å². The molecule has 3 aromatic rings. The number of phenols is 1. The van der Waals surface area contributed by atoms with Crippen LogP contribution in [0.1, 0.15) is 16.7 Å². The van der Waals surface area contributed by atoms with Gasteiger partial charge in [-0.25, -0.2) is 0 Å². The Bertz CT molecular complexity index is 808. The van der Waals surface area contributed by atoms with Crippen molar-refractivity contribution in [1.82, 2.24) is 9.97 Å². The van der Waals surface area contributed by atoms with Crippen LogP contribution in [-0.4, -0.2) is 15.1 Å². The van der Waals surface area contributed by atoms with E-state index in [0.29, 0.717) is 0 Å². The van der Waals surface area contributed by atoms with Crippen molar-refractivity contribution < 1.29 is 5.11 Å². The maximum Gasteiger partial charge on any atom is 0.115 e. The number of aromatic nitrogens is 2. The molecule has 2 aromatic heterocycles. The van der Waals surface area contributed by atoms with Crippen LogP contribution in [0.15, 0.2) is 60.9 Å². The molecule has 2 heterocycles. The molecule has 0 bridgehead atoms. The third-order valence-electron chi connectivity index (χ3n) is 3.32. The van der Waals surface area contributed by atoms with E-state index in [4.69, 9.17) is 0 Å². The Morgan fingerprint density at radius 1 is 0.773 bits per heavy atom. The number of nitrogens with zero attached hydrogens (tertiary/aromatic N) is 2. The predicted octanol–water partition coefficient (Wildman–Crippen LogP) is 4.33.